The number of carboxylic acids is 1. The minimum absolute atomic E-state index is 0. The number of anilines is 1. The Bertz CT molecular complexity index is 1110. The third-order valence-corrected chi connectivity index (χ3v) is 3.73. The number of hydrogen-bond donors (Lipinski definition) is 1. The number of nitrogens with zero attached hydrogens (tertiary/aromatic N) is 4. The van der Waals surface area contributed by atoms with Gasteiger partial charge in [0.1, 0.15) is 6.07 Å². The first-order chi connectivity index (χ1) is 13.4. The summed E-state index contributed by atoms with van der Waals surface area (Å²) < 4.78 is 20.1. The predicted octanol–water partition coefficient (Wildman–Crippen LogP) is -2.09. The van der Waals surface area contributed by atoms with E-state index in [1.165, 1.54) is 25.4 Å². The number of ether oxygens (including phenoxy) is 1. The van der Waals surface area contributed by atoms with Crippen molar-refractivity contribution in [2.75, 3.05) is 12.4 Å². The molecule has 2 heterocycles. The molecule has 0 aliphatic heterocycles. The van der Waals surface area contributed by atoms with Crippen molar-refractivity contribution in [2.45, 2.75) is 0 Å². The van der Waals surface area contributed by atoms with E-state index in [1.807, 2.05) is 6.07 Å². The van der Waals surface area contributed by atoms with E-state index in [4.69, 9.17) is 10.00 Å². The van der Waals surface area contributed by atoms with Gasteiger partial charge >= 0.3 is 18.9 Å². The summed E-state index contributed by atoms with van der Waals surface area (Å²) in [5.41, 5.74) is -0.456. The second kappa shape index (κ2) is 9.02. The maximum Gasteiger partial charge on any atom is 1.00 e. The van der Waals surface area contributed by atoms with Gasteiger partial charge in [-0.1, -0.05) is 0 Å². The number of nitriles is 1. The molecule has 1 N–H and O–H groups in total. The third-order valence-electron chi connectivity index (χ3n) is 3.73. The Kier molecular flexibility index (Phi) is 6.73. The summed E-state index contributed by atoms with van der Waals surface area (Å²) in [6.45, 7) is 0. The van der Waals surface area contributed by atoms with Crippen molar-refractivity contribution in [3.05, 3.63) is 65.4 Å². The van der Waals surface area contributed by atoms with Gasteiger partial charge in [-0.15, -0.1) is 10.2 Å². The number of carbonyl (C=O) groups excluding carboxylic acids is 2. The Balaban J connectivity index is 0.00000300. The number of halogens is 1. The number of benzene rings is 1. The van der Waals surface area contributed by atoms with Gasteiger partial charge in [0.15, 0.2) is 23.1 Å². The summed E-state index contributed by atoms with van der Waals surface area (Å²) >= 11 is 0. The Hall–Kier alpha value is -3.66. The molecule has 11 heteroatoms. The Morgan fingerprint density at radius 2 is 2.03 bits per heavy atom. The molecule has 140 valence electrons. The van der Waals surface area contributed by atoms with Crippen molar-refractivity contribution in [2.24, 2.45) is 0 Å². The van der Waals surface area contributed by atoms with Gasteiger partial charge in [-0.2, -0.15) is 5.26 Å². The topological polar surface area (TPSA) is 133 Å². The molecule has 0 atom stereocenters. The molecule has 9 nitrogen and oxygen atoms in total. The summed E-state index contributed by atoms with van der Waals surface area (Å²) in [6, 6.07) is 8.12. The van der Waals surface area contributed by atoms with Crippen LogP contribution in [0.5, 0.6) is 5.75 Å². The number of aromatic carboxylic acids is 1. The molecule has 0 radical (unpaired) electrons. The number of hydrogen-bond acceptors (Lipinski definition) is 7. The van der Waals surface area contributed by atoms with Gasteiger partial charge in [0, 0.05) is 24.0 Å². The van der Waals surface area contributed by atoms with Gasteiger partial charge in [-0.3, -0.25) is 4.79 Å². The molecule has 0 bridgehead atoms. The summed E-state index contributed by atoms with van der Waals surface area (Å²) in [5, 5.41) is 30.0. The molecule has 3 rings (SSSR count). The van der Waals surface area contributed by atoms with E-state index >= 15 is 0 Å². The number of rotatable bonds is 5. The van der Waals surface area contributed by atoms with E-state index in [2.05, 4.69) is 15.5 Å². The summed E-state index contributed by atoms with van der Waals surface area (Å²) in [6.07, 6.45) is 3.14. The minimum atomic E-state index is -1.61. The standard InChI is InChI=1S/C18H12FN5O4.Li/c1-28-15-6-11(18(26)27)14(7-12(15)19)21-17(25)13-2-3-16(23-22-13)24-5-4-10(8-20)9-24;/h2-7,9H,1H3,(H,21,25)(H,26,27);/q;+1/p-1. The number of carboxylic acid groups (broad SMARTS) is 1. The van der Waals surface area contributed by atoms with E-state index in [-0.39, 0.29) is 36.0 Å². The number of carbonyl (C=O) groups is 2. The molecular formula is C18H11FLiN5O4. The Morgan fingerprint density at radius 3 is 2.59 bits per heavy atom. The number of amides is 1. The van der Waals surface area contributed by atoms with Crippen molar-refractivity contribution in [1.82, 2.24) is 14.8 Å². The molecule has 0 fully saturated rings. The van der Waals surface area contributed by atoms with E-state index in [0.29, 0.717) is 11.4 Å². The molecule has 29 heavy (non-hydrogen) atoms. The van der Waals surface area contributed by atoms with Crippen LogP contribution in [0.25, 0.3) is 5.82 Å². The first-order valence-electron chi connectivity index (χ1n) is 7.75. The van der Waals surface area contributed by atoms with Crippen LogP contribution >= 0.6 is 0 Å². The average molecular weight is 387 g/mol. The molecule has 0 saturated carbocycles. The van der Waals surface area contributed by atoms with Gasteiger partial charge in [0.05, 0.1) is 24.3 Å². The fourth-order valence-corrected chi connectivity index (χ4v) is 2.36. The molecule has 2 aromatic heterocycles. The molecule has 1 amide bonds. The molecule has 0 spiro atoms. The van der Waals surface area contributed by atoms with Crippen LogP contribution in [0.1, 0.15) is 26.4 Å². The van der Waals surface area contributed by atoms with Crippen LogP contribution in [-0.4, -0.2) is 33.8 Å². The van der Waals surface area contributed by atoms with Crippen LogP contribution in [0, 0.1) is 17.1 Å². The molecule has 0 saturated heterocycles. The summed E-state index contributed by atoms with van der Waals surface area (Å²) in [7, 11) is 1.18. The minimum Gasteiger partial charge on any atom is -0.545 e. The van der Waals surface area contributed by atoms with Crippen molar-refractivity contribution in [1.29, 1.82) is 5.26 Å². The fraction of sp³-hybridized carbons (Fsp3) is 0.0556. The first kappa shape index (κ1) is 21.6. The van der Waals surface area contributed by atoms with Gasteiger partial charge < -0.3 is 24.5 Å². The average Bonchev–Trinajstić information content (AvgIpc) is 3.17. The summed E-state index contributed by atoms with van der Waals surface area (Å²) in [4.78, 5) is 23.6. The van der Waals surface area contributed by atoms with E-state index < -0.39 is 23.3 Å². The molecular weight excluding hydrogens is 376 g/mol. The van der Waals surface area contributed by atoms with E-state index in [9.17, 15) is 19.1 Å². The van der Waals surface area contributed by atoms with Gasteiger partial charge in [-0.05, 0) is 24.3 Å². The largest absolute Gasteiger partial charge is 1.00 e. The van der Waals surface area contributed by atoms with Crippen LogP contribution < -0.4 is 34.0 Å². The van der Waals surface area contributed by atoms with Gasteiger partial charge in [0.2, 0.25) is 0 Å². The second-order valence-electron chi connectivity index (χ2n) is 5.47. The van der Waals surface area contributed by atoms with E-state index in [1.54, 1.807) is 16.8 Å². The number of methoxy groups -OCH3 is 1. The van der Waals surface area contributed by atoms with Gasteiger partial charge in [0.25, 0.3) is 5.91 Å². The van der Waals surface area contributed by atoms with Crippen molar-refractivity contribution in [3.63, 3.8) is 0 Å². The van der Waals surface area contributed by atoms with Crippen LogP contribution in [0.2, 0.25) is 0 Å². The van der Waals surface area contributed by atoms with Crippen molar-refractivity contribution in [3.8, 4) is 17.6 Å². The zero-order chi connectivity index (χ0) is 20.3. The molecule has 0 aliphatic carbocycles. The molecule has 3 aromatic rings. The normalized spacial score (nSPS) is 9.83. The monoisotopic (exact) mass is 387 g/mol. The second-order valence-corrected chi connectivity index (χ2v) is 5.47. The van der Waals surface area contributed by atoms with Crippen LogP contribution in [0.15, 0.2) is 42.7 Å². The Labute approximate surface area is 175 Å². The van der Waals surface area contributed by atoms with Crippen LogP contribution in [0.4, 0.5) is 10.1 Å². The molecule has 0 unspecified atom stereocenters. The SMILES string of the molecule is COc1cc(C(=O)[O-])c(NC(=O)c2ccc(-n3ccc(C#N)c3)nn2)cc1F.[Li+]. The molecule has 0 aliphatic rings. The van der Waals surface area contributed by atoms with Crippen LogP contribution in [0.3, 0.4) is 0 Å². The zero-order valence-electron chi connectivity index (χ0n) is 15.3. The predicted molar refractivity (Wildman–Crippen MR) is 91.3 cm³/mol. The maximum absolute atomic E-state index is 13.9. The summed E-state index contributed by atoms with van der Waals surface area (Å²) in [5.74, 6) is -3.20. The third kappa shape index (κ3) is 4.61. The number of nitrogens with one attached hydrogen (secondary N) is 1. The van der Waals surface area contributed by atoms with Crippen molar-refractivity contribution >= 4 is 17.6 Å². The zero-order valence-corrected chi connectivity index (χ0v) is 15.3. The Morgan fingerprint density at radius 1 is 1.28 bits per heavy atom. The molecule has 1 aromatic carbocycles. The fourth-order valence-electron chi connectivity index (χ4n) is 2.36. The van der Waals surface area contributed by atoms with Crippen molar-refractivity contribution < 1.29 is 42.7 Å². The quantitative estimate of drug-likeness (QED) is 0.496. The van der Waals surface area contributed by atoms with Crippen LogP contribution in [-0.2, 0) is 0 Å². The number of aromatic nitrogens is 3. The maximum atomic E-state index is 13.9. The first-order valence-corrected chi connectivity index (χ1v) is 7.75. The smallest absolute Gasteiger partial charge is 0.545 e. The van der Waals surface area contributed by atoms with E-state index in [0.717, 1.165) is 12.1 Å². The van der Waals surface area contributed by atoms with Gasteiger partial charge in [-0.25, -0.2) is 4.39 Å².